The second-order valence-corrected chi connectivity index (χ2v) is 4.77. The molecule has 0 aliphatic rings. The molecule has 0 radical (unpaired) electrons. The number of aromatic nitrogens is 3. The van der Waals surface area contributed by atoms with Crippen molar-refractivity contribution >= 4 is 11.3 Å². The van der Waals surface area contributed by atoms with Gasteiger partial charge in [-0.3, -0.25) is 9.67 Å². The number of aryl methyl sites for hydroxylation is 1. The van der Waals surface area contributed by atoms with Crippen LogP contribution in [0.3, 0.4) is 0 Å². The molecule has 1 unspecified atom stereocenters. The Morgan fingerprint density at radius 3 is 3.00 bits per heavy atom. The summed E-state index contributed by atoms with van der Waals surface area (Å²) in [4.78, 5) is 5.36. The molecule has 2 rings (SSSR count). The lowest BCUT2D eigenvalue weighted by Crippen LogP contribution is -2.20. The molecule has 1 N–H and O–H groups in total. The molecule has 86 valence electrons. The Morgan fingerprint density at radius 2 is 2.38 bits per heavy atom. The molecule has 0 aliphatic heterocycles. The maximum Gasteiger partial charge on any atom is 0.0794 e. The molecule has 2 aromatic heterocycles. The first-order chi connectivity index (χ1) is 7.75. The number of hydrogen-bond acceptors (Lipinski definition) is 4. The van der Waals surface area contributed by atoms with Crippen LogP contribution < -0.4 is 5.32 Å². The van der Waals surface area contributed by atoms with Gasteiger partial charge in [0.25, 0.3) is 0 Å². The molecule has 0 saturated heterocycles. The van der Waals surface area contributed by atoms with Gasteiger partial charge in [0.1, 0.15) is 0 Å². The van der Waals surface area contributed by atoms with Crippen LogP contribution in [0, 0.1) is 0 Å². The third-order valence-corrected chi connectivity index (χ3v) is 3.46. The van der Waals surface area contributed by atoms with Gasteiger partial charge in [0, 0.05) is 30.4 Å². The Hall–Kier alpha value is -1.20. The predicted molar refractivity (Wildman–Crippen MR) is 65.4 cm³/mol. The Bertz CT molecular complexity index is 421. The normalized spacial score (nSPS) is 12.9. The maximum atomic E-state index is 4.15. The maximum absolute atomic E-state index is 4.15. The highest BCUT2D eigenvalue weighted by atomic mass is 32.1. The number of rotatable bonds is 5. The molecule has 0 aromatic carbocycles. The highest BCUT2D eigenvalue weighted by molar-refractivity contribution is 7.09. The van der Waals surface area contributed by atoms with Crippen molar-refractivity contribution in [3.8, 4) is 0 Å². The largest absolute Gasteiger partial charge is 0.309 e. The lowest BCUT2D eigenvalue weighted by Gasteiger charge is -2.10. The second kappa shape index (κ2) is 5.23. The summed E-state index contributed by atoms with van der Waals surface area (Å²) in [5.41, 5.74) is 3.14. The standard InChI is InChI=1S/C11H16N4S/c1-9(11-6-12-8-16-11)13-4-3-10-5-14-15(2)7-10/h5-9,13H,3-4H2,1-2H3. The molecule has 0 saturated carbocycles. The van der Waals surface area contributed by atoms with E-state index in [4.69, 9.17) is 0 Å². The van der Waals surface area contributed by atoms with Crippen molar-refractivity contribution in [1.82, 2.24) is 20.1 Å². The fourth-order valence-electron chi connectivity index (χ4n) is 1.57. The minimum atomic E-state index is 0.379. The Balaban J connectivity index is 1.76. The van der Waals surface area contributed by atoms with Crippen LogP contribution in [0.2, 0.25) is 0 Å². The molecule has 2 aromatic rings. The van der Waals surface area contributed by atoms with Gasteiger partial charge in [0.2, 0.25) is 0 Å². The van der Waals surface area contributed by atoms with Crippen LogP contribution in [-0.2, 0) is 13.5 Å². The van der Waals surface area contributed by atoms with E-state index in [0.717, 1.165) is 13.0 Å². The van der Waals surface area contributed by atoms with Gasteiger partial charge in [0.05, 0.1) is 11.7 Å². The van der Waals surface area contributed by atoms with E-state index >= 15 is 0 Å². The SMILES string of the molecule is CC(NCCc1cnn(C)c1)c1cncs1. The van der Waals surface area contributed by atoms with Crippen LogP contribution >= 0.6 is 11.3 Å². The zero-order chi connectivity index (χ0) is 11.4. The average Bonchev–Trinajstić information content (AvgIpc) is 2.89. The highest BCUT2D eigenvalue weighted by Crippen LogP contribution is 2.15. The van der Waals surface area contributed by atoms with Crippen molar-refractivity contribution < 1.29 is 0 Å². The van der Waals surface area contributed by atoms with Crippen molar-refractivity contribution in [2.45, 2.75) is 19.4 Å². The van der Waals surface area contributed by atoms with E-state index < -0.39 is 0 Å². The molecule has 0 fully saturated rings. The zero-order valence-electron chi connectivity index (χ0n) is 9.55. The highest BCUT2D eigenvalue weighted by Gasteiger charge is 2.05. The first-order valence-corrected chi connectivity index (χ1v) is 6.23. The summed E-state index contributed by atoms with van der Waals surface area (Å²) in [5.74, 6) is 0. The van der Waals surface area contributed by atoms with E-state index in [9.17, 15) is 0 Å². The summed E-state index contributed by atoms with van der Waals surface area (Å²) >= 11 is 1.69. The molecule has 5 heteroatoms. The molecular formula is C11H16N4S. The Kier molecular flexibility index (Phi) is 3.69. The molecule has 16 heavy (non-hydrogen) atoms. The van der Waals surface area contributed by atoms with Gasteiger partial charge in [-0.1, -0.05) is 0 Å². The van der Waals surface area contributed by atoms with Gasteiger partial charge in [-0.15, -0.1) is 11.3 Å². The quantitative estimate of drug-likeness (QED) is 0.860. The molecule has 0 bridgehead atoms. The van der Waals surface area contributed by atoms with Crippen molar-refractivity contribution in [3.63, 3.8) is 0 Å². The van der Waals surface area contributed by atoms with Crippen LogP contribution in [0.15, 0.2) is 24.1 Å². The van der Waals surface area contributed by atoms with Crippen LogP contribution in [0.5, 0.6) is 0 Å². The van der Waals surface area contributed by atoms with E-state index in [1.807, 2.05) is 29.6 Å². The van der Waals surface area contributed by atoms with Gasteiger partial charge >= 0.3 is 0 Å². The molecule has 0 aliphatic carbocycles. The van der Waals surface area contributed by atoms with Crippen molar-refractivity contribution in [2.75, 3.05) is 6.54 Å². The van der Waals surface area contributed by atoms with Crippen LogP contribution in [0.25, 0.3) is 0 Å². The average molecular weight is 236 g/mol. The van der Waals surface area contributed by atoms with Crippen molar-refractivity contribution in [1.29, 1.82) is 0 Å². The number of nitrogens with one attached hydrogen (secondary N) is 1. The van der Waals surface area contributed by atoms with Crippen molar-refractivity contribution in [2.24, 2.45) is 7.05 Å². The zero-order valence-corrected chi connectivity index (χ0v) is 10.4. The third kappa shape index (κ3) is 2.90. The van der Waals surface area contributed by atoms with Gasteiger partial charge in [-0.2, -0.15) is 5.10 Å². The van der Waals surface area contributed by atoms with Gasteiger partial charge in [-0.25, -0.2) is 0 Å². The fourth-order valence-corrected chi connectivity index (χ4v) is 2.23. The summed E-state index contributed by atoms with van der Waals surface area (Å²) in [7, 11) is 1.94. The first-order valence-electron chi connectivity index (χ1n) is 5.35. The minimum absolute atomic E-state index is 0.379. The first kappa shape index (κ1) is 11.3. The lowest BCUT2D eigenvalue weighted by atomic mass is 10.2. The van der Waals surface area contributed by atoms with Crippen LogP contribution in [-0.4, -0.2) is 21.3 Å². The molecule has 1 atom stereocenters. The molecule has 4 nitrogen and oxygen atoms in total. The smallest absolute Gasteiger partial charge is 0.0794 e. The summed E-state index contributed by atoms with van der Waals surface area (Å²) in [6, 6.07) is 0.379. The minimum Gasteiger partial charge on any atom is -0.309 e. The monoisotopic (exact) mass is 236 g/mol. The lowest BCUT2D eigenvalue weighted by molar-refractivity contribution is 0.584. The molecule has 2 heterocycles. The molecule has 0 amide bonds. The predicted octanol–water partition coefficient (Wildman–Crippen LogP) is 1.77. The third-order valence-electron chi connectivity index (χ3n) is 2.50. The fraction of sp³-hybridized carbons (Fsp3) is 0.455. The molecular weight excluding hydrogens is 220 g/mol. The van der Waals surface area contributed by atoms with E-state index in [1.54, 1.807) is 11.3 Å². The van der Waals surface area contributed by atoms with Crippen LogP contribution in [0.4, 0.5) is 0 Å². The van der Waals surface area contributed by atoms with Gasteiger partial charge in [0.15, 0.2) is 0 Å². The van der Waals surface area contributed by atoms with Crippen LogP contribution in [0.1, 0.15) is 23.4 Å². The van der Waals surface area contributed by atoms with E-state index in [2.05, 4.69) is 28.5 Å². The van der Waals surface area contributed by atoms with Gasteiger partial charge in [-0.05, 0) is 25.5 Å². The van der Waals surface area contributed by atoms with Crippen molar-refractivity contribution in [3.05, 3.63) is 34.5 Å². The van der Waals surface area contributed by atoms with E-state index in [-0.39, 0.29) is 0 Å². The van der Waals surface area contributed by atoms with E-state index in [0.29, 0.717) is 6.04 Å². The number of hydrogen-bond donors (Lipinski definition) is 1. The summed E-state index contributed by atoms with van der Waals surface area (Å²) in [6.07, 6.45) is 6.90. The summed E-state index contributed by atoms with van der Waals surface area (Å²) in [5, 5.41) is 7.62. The summed E-state index contributed by atoms with van der Waals surface area (Å²) in [6.45, 7) is 3.13. The Labute approximate surface area is 99.3 Å². The number of nitrogens with zero attached hydrogens (tertiary/aromatic N) is 3. The second-order valence-electron chi connectivity index (χ2n) is 3.85. The van der Waals surface area contributed by atoms with E-state index in [1.165, 1.54) is 10.4 Å². The summed E-state index contributed by atoms with van der Waals surface area (Å²) < 4.78 is 1.84. The van der Waals surface area contributed by atoms with Gasteiger partial charge < -0.3 is 5.32 Å². The Morgan fingerprint density at radius 1 is 1.50 bits per heavy atom. The molecule has 0 spiro atoms. The number of thiazole rings is 1. The topological polar surface area (TPSA) is 42.7 Å².